The van der Waals surface area contributed by atoms with Crippen LogP contribution in [0.3, 0.4) is 0 Å². The number of hydrogen-bond acceptors (Lipinski definition) is 1. The molecule has 0 heterocycles. The van der Waals surface area contributed by atoms with Crippen LogP contribution in [0, 0.1) is 31.6 Å². The predicted octanol–water partition coefficient (Wildman–Crippen LogP) is 4.25. The highest BCUT2D eigenvalue weighted by Gasteiger charge is 2.29. The maximum atomic E-state index is 6.36. The highest BCUT2D eigenvalue weighted by atomic mass is 14.7. The van der Waals surface area contributed by atoms with Crippen molar-refractivity contribution in [3.8, 4) is 0 Å². The molecule has 0 aliphatic heterocycles. The van der Waals surface area contributed by atoms with Crippen molar-refractivity contribution in [3.63, 3.8) is 0 Å². The van der Waals surface area contributed by atoms with E-state index in [1.165, 1.54) is 36.0 Å². The molecule has 1 heteroatoms. The van der Waals surface area contributed by atoms with Gasteiger partial charge in [0.2, 0.25) is 0 Å². The molecule has 3 unspecified atom stereocenters. The van der Waals surface area contributed by atoms with E-state index < -0.39 is 0 Å². The molecule has 1 aromatic carbocycles. The van der Waals surface area contributed by atoms with Crippen molar-refractivity contribution in [2.75, 3.05) is 0 Å². The van der Waals surface area contributed by atoms with E-state index in [2.05, 4.69) is 45.9 Å². The molecule has 1 aliphatic carbocycles. The first-order chi connectivity index (χ1) is 8.97. The first-order valence-electron chi connectivity index (χ1n) is 7.79. The molecule has 1 saturated carbocycles. The average Bonchev–Trinajstić information content (AvgIpc) is 2.36. The lowest BCUT2D eigenvalue weighted by molar-refractivity contribution is 0.189. The van der Waals surface area contributed by atoms with Crippen LogP contribution in [-0.2, 0) is 6.42 Å². The van der Waals surface area contributed by atoms with Gasteiger partial charge in [-0.3, -0.25) is 0 Å². The summed E-state index contributed by atoms with van der Waals surface area (Å²) in [5.41, 5.74) is 10.6. The molecule has 0 bridgehead atoms. The second-order valence-corrected chi connectivity index (χ2v) is 6.86. The minimum atomic E-state index is 0.400. The Morgan fingerprint density at radius 2 is 1.89 bits per heavy atom. The van der Waals surface area contributed by atoms with Crippen LogP contribution in [0.15, 0.2) is 18.2 Å². The third-order valence-corrected chi connectivity index (χ3v) is 5.09. The smallest absolute Gasteiger partial charge is 0.00705 e. The number of aryl methyl sites for hydroxylation is 2. The Kier molecular flexibility index (Phi) is 4.67. The molecule has 1 aromatic rings. The van der Waals surface area contributed by atoms with E-state index in [9.17, 15) is 0 Å². The van der Waals surface area contributed by atoms with E-state index in [0.29, 0.717) is 12.0 Å². The van der Waals surface area contributed by atoms with Crippen LogP contribution in [0.1, 0.15) is 49.8 Å². The van der Waals surface area contributed by atoms with Crippen molar-refractivity contribution in [1.82, 2.24) is 0 Å². The second kappa shape index (κ2) is 6.09. The highest BCUT2D eigenvalue weighted by Crippen LogP contribution is 2.35. The van der Waals surface area contributed by atoms with Crippen molar-refractivity contribution in [2.45, 2.75) is 59.4 Å². The summed E-state index contributed by atoms with van der Waals surface area (Å²) < 4.78 is 0. The molecular weight excluding hydrogens is 230 g/mol. The number of benzene rings is 1. The van der Waals surface area contributed by atoms with Gasteiger partial charge in [-0.2, -0.15) is 0 Å². The molecule has 0 saturated heterocycles. The minimum Gasteiger partial charge on any atom is -0.327 e. The first kappa shape index (κ1) is 14.6. The van der Waals surface area contributed by atoms with Crippen molar-refractivity contribution >= 4 is 0 Å². The molecule has 106 valence electrons. The Hall–Kier alpha value is -0.820. The lowest BCUT2D eigenvalue weighted by Gasteiger charge is -2.36. The van der Waals surface area contributed by atoms with Crippen molar-refractivity contribution in [2.24, 2.45) is 23.5 Å². The van der Waals surface area contributed by atoms with Gasteiger partial charge in [0, 0.05) is 6.04 Å². The maximum Gasteiger partial charge on any atom is 0.00705 e. The second-order valence-electron chi connectivity index (χ2n) is 6.86. The van der Waals surface area contributed by atoms with Gasteiger partial charge in [-0.1, -0.05) is 32.0 Å². The third-order valence-electron chi connectivity index (χ3n) is 5.09. The monoisotopic (exact) mass is 259 g/mol. The van der Waals surface area contributed by atoms with Crippen LogP contribution < -0.4 is 5.73 Å². The molecule has 2 N–H and O–H groups in total. The quantitative estimate of drug-likeness (QED) is 0.863. The van der Waals surface area contributed by atoms with Crippen LogP contribution in [0.4, 0.5) is 0 Å². The summed E-state index contributed by atoms with van der Waals surface area (Å²) in [5.74, 6) is 2.34. The Labute approximate surface area is 118 Å². The van der Waals surface area contributed by atoms with Gasteiger partial charge in [-0.15, -0.1) is 0 Å². The lowest BCUT2D eigenvalue weighted by Crippen LogP contribution is -2.38. The topological polar surface area (TPSA) is 26.0 Å². The molecule has 0 radical (unpaired) electrons. The molecule has 19 heavy (non-hydrogen) atoms. The summed E-state index contributed by atoms with van der Waals surface area (Å²) in [5, 5.41) is 0. The van der Waals surface area contributed by atoms with Gasteiger partial charge >= 0.3 is 0 Å². The lowest BCUT2D eigenvalue weighted by atomic mass is 9.72. The Bertz CT molecular complexity index is 422. The summed E-state index contributed by atoms with van der Waals surface area (Å²) in [6.45, 7) is 9.10. The van der Waals surface area contributed by atoms with Gasteiger partial charge in [-0.05, 0) is 74.0 Å². The third kappa shape index (κ3) is 3.60. The van der Waals surface area contributed by atoms with E-state index in [1.807, 2.05) is 0 Å². The van der Waals surface area contributed by atoms with Gasteiger partial charge in [0.25, 0.3) is 0 Å². The van der Waals surface area contributed by atoms with Crippen LogP contribution in [-0.4, -0.2) is 6.04 Å². The predicted molar refractivity (Wildman–Crippen MR) is 83.3 cm³/mol. The number of hydrogen-bond donors (Lipinski definition) is 1. The summed E-state index contributed by atoms with van der Waals surface area (Å²) in [6.07, 6.45) is 5.00. The van der Waals surface area contributed by atoms with E-state index in [1.54, 1.807) is 0 Å². The van der Waals surface area contributed by atoms with Gasteiger partial charge in [-0.25, -0.2) is 0 Å². The van der Waals surface area contributed by atoms with E-state index in [-0.39, 0.29) is 0 Å². The standard InChI is InChI=1S/C18H29N/c1-12(2)16-7-8-18(19)17(11-16)10-15-6-5-13(3)14(4)9-15/h5-6,9,12,16-18H,7-8,10-11,19H2,1-4H3. The van der Waals surface area contributed by atoms with Crippen molar-refractivity contribution in [3.05, 3.63) is 34.9 Å². The molecule has 0 amide bonds. The number of nitrogens with two attached hydrogens (primary N) is 1. The molecule has 1 aliphatic rings. The summed E-state index contributed by atoms with van der Waals surface area (Å²) in [6, 6.07) is 7.28. The van der Waals surface area contributed by atoms with Gasteiger partial charge < -0.3 is 5.73 Å². The zero-order valence-corrected chi connectivity index (χ0v) is 12.9. The van der Waals surface area contributed by atoms with Crippen LogP contribution in [0.5, 0.6) is 0 Å². The van der Waals surface area contributed by atoms with Crippen LogP contribution >= 0.6 is 0 Å². The fraction of sp³-hybridized carbons (Fsp3) is 0.667. The fourth-order valence-electron chi connectivity index (χ4n) is 3.40. The van der Waals surface area contributed by atoms with E-state index >= 15 is 0 Å². The van der Waals surface area contributed by atoms with E-state index in [4.69, 9.17) is 5.73 Å². The molecule has 3 atom stereocenters. The minimum absolute atomic E-state index is 0.400. The zero-order valence-electron chi connectivity index (χ0n) is 12.9. The molecule has 1 nitrogen and oxygen atoms in total. The summed E-state index contributed by atoms with van der Waals surface area (Å²) in [4.78, 5) is 0. The van der Waals surface area contributed by atoms with Gasteiger partial charge in [0.15, 0.2) is 0 Å². The molecule has 1 fully saturated rings. The SMILES string of the molecule is Cc1ccc(CC2CC(C(C)C)CCC2N)cc1C. The zero-order chi connectivity index (χ0) is 14.0. The Morgan fingerprint density at radius 3 is 2.53 bits per heavy atom. The largest absolute Gasteiger partial charge is 0.327 e. The van der Waals surface area contributed by atoms with Gasteiger partial charge in [0.1, 0.15) is 0 Å². The number of rotatable bonds is 3. The maximum absolute atomic E-state index is 6.36. The highest BCUT2D eigenvalue weighted by molar-refractivity contribution is 5.30. The Balaban J connectivity index is 2.05. The molecular formula is C18H29N. The van der Waals surface area contributed by atoms with Crippen LogP contribution in [0.25, 0.3) is 0 Å². The molecule has 0 spiro atoms. The van der Waals surface area contributed by atoms with Crippen LogP contribution in [0.2, 0.25) is 0 Å². The fourth-order valence-corrected chi connectivity index (χ4v) is 3.40. The first-order valence-corrected chi connectivity index (χ1v) is 7.79. The van der Waals surface area contributed by atoms with Gasteiger partial charge in [0.05, 0.1) is 0 Å². The Morgan fingerprint density at radius 1 is 1.16 bits per heavy atom. The van der Waals surface area contributed by atoms with E-state index in [0.717, 1.165) is 18.3 Å². The molecule has 0 aromatic heterocycles. The van der Waals surface area contributed by atoms with Crippen molar-refractivity contribution in [1.29, 1.82) is 0 Å². The normalized spacial score (nSPS) is 27.8. The summed E-state index contributed by atoms with van der Waals surface area (Å²) in [7, 11) is 0. The molecule has 2 rings (SSSR count). The summed E-state index contributed by atoms with van der Waals surface area (Å²) >= 11 is 0. The average molecular weight is 259 g/mol. The van der Waals surface area contributed by atoms with Crippen molar-refractivity contribution < 1.29 is 0 Å².